The van der Waals surface area contributed by atoms with Gasteiger partial charge < -0.3 is 9.72 Å². The smallest absolute Gasteiger partial charge is 0.227 e. The van der Waals surface area contributed by atoms with Crippen molar-refractivity contribution in [2.24, 2.45) is 5.92 Å². The van der Waals surface area contributed by atoms with E-state index in [0.29, 0.717) is 0 Å². The highest BCUT2D eigenvalue weighted by molar-refractivity contribution is 5.96. The van der Waals surface area contributed by atoms with Crippen LogP contribution in [0.4, 0.5) is 5.69 Å². The number of amides is 1. The van der Waals surface area contributed by atoms with E-state index < -0.39 is 0 Å². The van der Waals surface area contributed by atoms with Gasteiger partial charge in [0.05, 0.1) is 11.4 Å². The molecular formula is C19H19N3O. The number of nitrogens with zero attached hydrogens (tertiary/aromatic N) is 2. The average molecular weight is 305 g/mol. The van der Waals surface area contributed by atoms with Crippen LogP contribution in [0, 0.1) is 12.8 Å². The third-order valence-electron chi connectivity index (χ3n) is 4.61. The molecule has 1 amide bonds. The molecule has 0 bridgehead atoms. The van der Waals surface area contributed by atoms with E-state index in [2.05, 4.69) is 18.3 Å². The summed E-state index contributed by atoms with van der Waals surface area (Å²) < 4.78 is 2.02. The normalized spacial score (nSPS) is 14.7. The third-order valence-corrected chi connectivity index (χ3v) is 4.61. The second-order valence-corrected chi connectivity index (χ2v) is 6.21. The molecule has 4 rings (SSSR count). The predicted octanol–water partition coefficient (Wildman–Crippen LogP) is 4.05. The first-order chi connectivity index (χ1) is 11.2. The van der Waals surface area contributed by atoms with Gasteiger partial charge >= 0.3 is 0 Å². The average Bonchev–Trinajstić information content (AvgIpc) is 2.91. The number of benzene rings is 1. The summed E-state index contributed by atoms with van der Waals surface area (Å²) in [5.41, 5.74) is 4.76. The van der Waals surface area contributed by atoms with Crippen LogP contribution in [0.3, 0.4) is 0 Å². The Morgan fingerprint density at radius 1 is 1.22 bits per heavy atom. The molecule has 0 spiro atoms. The molecule has 0 aliphatic heterocycles. The van der Waals surface area contributed by atoms with Crippen molar-refractivity contribution in [3.8, 4) is 11.3 Å². The Morgan fingerprint density at radius 3 is 2.78 bits per heavy atom. The minimum atomic E-state index is 0.128. The van der Waals surface area contributed by atoms with Crippen molar-refractivity contribution in [1.29, 1.82) is 0 Å². The van der Waals surface area contributed by atoms with Crippen molar-refractivity contribution in [3.05, 3.63) is 54.4 Å². The van der Waals surface area contributed by atoms with E-state index in [0.717, 1.165) is 47.4 Å². The summed E-state index contributed by atoms with van der Waals surface area (Å²) in [7, 11) is 0. The van der Waals surface area contributed by atoms with Gasteiger partial charge in [-0.3, -0.25) is 4.79 Å². The van der Waals surface area contributed by atoms with Gasteiger partial charge in [-0.05, 0) is 37.5 Å². The van der Waals surface area contributed by atoms with Gasteiger partial charge in [-0.15, -0.1) is 0 Å². The number of nitrogens with one attached hydrogen (secondary N) is 1. The maximum atomic E-state index is 12.3. The minimum Gasteiger partial charge on any atom is -0.325 e. The van der Waals surface area contributed by atoms with Crippen LogP contribution in [0.5, 0.6) is 0 Å². The van der Waals surface area contributed by atoms with E-state index >= 15 is 0 Å². The monoisotopic (exact) mass is 305 g/mol. The Morgan fingerprint density at radius 2 is 2.04 bits per heavy atom. The zero-order valence-corrected chi connectivity index (χ0v) is 13.1. The number of hydrogen-bond acceptors (Lipinski definition) is 2. The SMILES string of the molecule is Cc1cccn2cc(-c3ccccc3NC(=O)C3CCC3)nc12. The quantitative estimate of drug-likeness (QED) is 0.793. The topological polar surface area (TPSA) is 46.4 Å². The third kappa shape index (κ3) is 2.50. The Kier molecular flexibility index (Phi) is 3.37. The largest absolute Gasteiger partial charge is 0.325 e. The number of pyridine rings is 1. The Bertz CT molecular complexity index is 877. The molecule has 1 aliphatic rings. The van der Waals surface area contributed by atoms with Crippen LogP contribution >= 0.6 is 0 Å². The number of para-hydroxylation sites is 1. The molecular weight excluding hydrogens is 286 g/mol. The second kappa shape index (κ2) is 5.54. The number of carbonyl (C=O) groups excluding carboxylic acids is 1. The molecule has 1 aliphatic carbocycles. The van der Waals surface area contributed by atoms with E-state index in [1.165, 1.54) is 0 Å². The molecule has 4 nitrogen and oxygen atoms in total. The van der Waals surface area contributed by atoms with Gasteiger partial charge in [-0.2, -0.15) is 0 Å². The first-order valence-electron chi connectivity index (χ1n) is 8.07. The van der Waals surface area contributed by atoms with Crippen molar-refractivity contribution in [1.82, 2.24) is 9.38 Å². The molecule has 4 heteroatoms. The standard InChI is InChI=1S/C19H19N3O/c1-13-6-5-11-22-12-17(20-18(13)22)15-9-2-3-10-16(15)21-19(23)14-7-4-8-14/h2-3,5-6,9-12,14H,4,7-8H2,1H3,(H,21,23). The Labute approximate surface area is 135 Å². The molecule has 0 atom stereocenters. The molecule has 1 aromatic carbocycles. The summed E-state index contributed by atoms with van der Waals surface area (Å²) in [5.74, 6) is 0.301. The molecule has 1 N–H and O–H groups in total. The molecule has 2 heterocycles. The first-order valence-corrected chi connectivity index (χ1v) is 8.07. The van der Waals surface area contributed by atoms with Gasteiger partial charge in [-0.1, -0.05) is 30.7 Å². The molecule has 116 valence electrons. The van der Waals surface area contributed by atoms with Gasteiger partial charge in [0, 0.05) is 23.9 Å². The van der Waals surface area contributed by atoms with E-state index in [9.17, 15) is 4.79 Å². The maximum Gasteiger partial charge on any atom is 0.227 e. The van der Waals surface area contributed by atoms with E-state index in [1.807, 2.05) is 47.1 Å². The lowest BCUT2D eigenvalue weighted by Crippen LogP contribution is -2.28. The fraction of sp³-hybridized carbons (Fsp3) is 0.263. The van der Waals surface area contributed by atoms with Crippen molar-refractivity contribution < 1.29 is 4.79 Å². The summed E-state index contributed by atoms with van der Waals surface area (Å²) in [5, 5.41) is 3.08. The first kappa shape index (κ1) is 14.0. The summed E-state index contributed by atoms with van der Waals surface area (Å²) in [6.07, 6.45) is 7.17. The van der Waals surface area contributed by atoms with E-state index in [1.54, 1.807) is 0 Å². The summed E-state index contributed by atoms with van der Waals surface area (Å²) in [4.78, 5) is 17.0. The van der Waals surface area contributed by atoms with Crippen LogP contribution in [0.1, 0.15) is 24.8 Å². The summed E-state index contributed by atoms with van der Waals surface area (Å²) in [6.45, 7) is 2.05. The molecule has 23 heavy (non-hydrogen) atoms. The van der Waals surface area contributed by atoms with Gasteiger partial charge in [0.15, 0.2) is 0 Å². The molecule has 0 radical (unpaired) electrons. The second-order valence-electron chi connectivity index (χ2n) is 6.21. The highest BCUT2D eigenvalue weighted by atomic mass is 16.1. The Balaban J connectivity index is 1.72. The number of rotatable bonds is 3. The predicted molar refractivity (Wildman–Crippen MR) is 91.3 cm³/mol. The molecule has 3 aromatic rings. The number of aryl methyl sites for hydroxylation is 1. The van der Waals surface area contributed by atoms with Crippen LogP contribution in [0.25, 0.3) is 16.9 Å². The number of carbonyl (C=O) groups is 1. The molecule has 1 saturated carbocycles. The fourth-order valence-corrected chi connectivity index (χ4v) is 3.00. The summed E-state index contributed by atoms with van der Waals surface area (Å²) >= 11 is 0. The van der Waals surface area contributed by atoms with Crippen molar-refractivity contribution in [2.45, 2.75) is 26.2 Å². The number of anilines is 1. The fourth-order valence-electron chi connectivity index (χ4n) is 3.00. The van der Waals surface area contributed by atoms with Gasteiger partial charge in [0.25, 0.3) is 0 Å². The van der Waals surface area contributed by atoms with Crippen LogP contribution in [0.2, 0.25) is 0 Å². The van der Waals surface area contributed by atoms with Crippen LogP contribution in [-0.4, -0.2) is 15.3 Å². The van der Waals surface area contributed by atoms with Crippen LogP contribution in [-0.2, 0) is 4.79 Å². The van der Waals surface area contributed by atoms with E-state index in [-0.39, 0.29) is 11.8 Å². The van der Waals surface area contributed by atoms with Gasteiger partial charge in [0.2, 0.25) is 5.91 Å². The zero-order chi connectivity index (χ0) is 15.8. The lowest BCUT2D eigenvalue weighted by molar-refractivity contribution is -0.122. The maximum absolute atomic E-state index is 12.3. The van der Waals surface area contributed by atoms with Gasteiger partial charge in [-0.25, -0.2) is 4.98 Å². The molecule has 1 fully saturated rings. The molecule has 2 aromatic heterocycles. The van der Waals surface area contributed by atoms with Crippen molar-refractivity contribution in [3.63, 3.8) is 0 Å². The lowest BCUT2D eigenvalue weighted by atomic mass is 9.85. The Hall–Kier alpha value is -2.62. The zero-order valence-electron chi connectivity index (χ0n) is 13.1. The number of hydrogen-bond donors (Lipinski definition) is 1. The van der Waals surface area contributed by atoms with E-state index in [4.69, 9.17) is 4.98 Å². The lowest BCUT2D eigenvalue weighted by Gasteiger charge is -2.24. The highest BCUT2D eigenvalue weighted by Gasteiger charge is 2.25. The number of aromatic nitrogens is 2. The van der Waals surface area contributed by atoms with Gasteiger partial charge in [0.1, 0.15) is 5.65 Å². The molecule has 0 unspecified atom stereocenters. The number of fused-ring (bicyclic) bond motifs is 1. The van der Waals surface area contributed by atoms with Crippen molar-refractivity contribution in [2.75, 3.05) is 5.32 Å². The van der Waals surface area contributed by atoms with Crippen molar-refractivity contribution >= 4 is 17.2 Å². The van der Waals surface area contributed by atoms with Crippen LogP contribution < -0.4 is 5.32 Å². The number of imidazole rings is 1. The van der Waals surface area contributed by atoms with Crippen LogP contribution in [0.15, 0.2) is 48.8 Å². The highest BCUT2D eigenvalue weighted by Crippen LogP contribution is 2.31. The molecule has 0 saturated heterocycles. The summed E-state index contributed by atoms with van der Waals surface area (Å²) in [6, 6.07) is 11.9. The minimum absolute atomic E-state index is 0.128.